The van der Waals surface area contributed by atoms with Gasteiger partial charge in [-0.3, -0.25) is 27.1 Å². The highest BCUT2D eigenvalue weighted by molar-refractivity contribution is 7.48. The maximum atomic E-state index is 12.9. The molecular formula is C31H69ClN3O10P2+. The zero-order valence-electron chi connectivity index (χ0n) is 31.3. The Morgan fingerprint density at radius 3 is 1.28 bits per heavy atom. The third kappa shape index (κ3) is 31.6. The summed E-state index contributed by atoms with van der Waals surface area (Å²) in [5.41, 5.74) is -2.45. The fraction of sp³-hybridized carbons (Fsp3) is 0.968. The minimum Gasteiger partial charge on any atom is -0.379 e. The second-order valence-electron chi connectivity index (χ2n) is 15.0. The summed E-state index contributed by atoms with van der Waals surface area (Å²) in [6.45, 7) is 30.4. The van der Waals surface area contributed by atoms with E-state index in [9.17, 15) is 9.13 Å². The van der Waals surface area contributed by atoms with Crippen LogP contribution in [0.25, 0.3) is 0 Å². The maximum Gasteiger partial charge on any atom is 0.480 e. The first kappa shape index (κ1) is 51.2. The van der Waals surface area contributed by atoms with Crippen LogP contribution >= 0.6 is 27.2 Å². The molecule has 0 aromatic carbocycles. The number of likely N-dealkylation sites (N-methyl/N-ethyl adjacent to an activating group) is 2. The van der Waals surface area contributed by atoms with Gasteiger partial charge in [0.15, 0.2) is 6.73 Å². The van der Waals surface area contributed by atoms with E-state index in [1.807, 2.05) is 41.5 Å². The molecule has 0 aromatic rings. The van der Waals surface area contributed by atoms with E-state index in [0.717, 1.165) is 39.4 Å². The Morgan fingerprint density at radius 2 is 1.02 bits per heavy atom. The van der Waals surface area contributed by atoms with Crippen molar-refractivity contribution in [3.63, 3.8) is 0 Å². The number of quaternary nitrogens is 1. The van der Waals surface area contributed by atoms with Crippen LogP contribution < -0.4 is 0 Å². The molecule has 0 aliphatic carbocycles. The summed E-state index contributed by atoms with van der Waals surface area (Å²) in [4.78, 5) is 2.27. The predicted molar refractivity (Wildman–Crippen MR) is 189 cm³/mol. The number of hydrogen-bond donors (Lipinski definition) is 0. The molecule has 0 aromatic heterocycles. The Labute approximate surface area is 292 Å². The molecule has 2 heterocycles. The van der Waals surface area contributed by atoms with Crippen LogP contribution in [0.3, 0.4) is 0 Å². The molecule has 2 saturated heterocycles. The van der Waals surface area contributed by atoms with Crippen LogP contribution in [0, 0.1) is 11.3 Å². The Bertz CT molecular complexity index is 919. The zero-order valence-corrected chi connectivity index (χ0v) is 33.8. The SMILES string of the molecule is C.CC#N.CC(C)(C)OP(=O)(OCCl)OC(C)(C)C.CC(C)(C)OP(=O)(OC[N+]1(C)CCOCC1)OC(C)(C)C.CN1CCOCC1. The average molecular weight is 741 g/mol. The van der Waals surface area contributed by atoms with Crippen molar-refractivity contribution in [2.75, 3.05) is 79.5 Å². The third-order valence-electron chi connectivity index (χ3n) is 5.06. The van der Waals surface area contributed by atoms with Gasteiger partial charge in [0.05, 0.1) is 61.9 Å². The summed E-state index contributed by atoms with van der Waals surface area (Å²) in [5.74, 6) is 0. The fourth-order valence-corrected chi connectivity index (χ4v) is 7.19. The van der Waals surface area contributed by atoms with Crippen LogP contribution in [0.2, 0.25) is 0 Å². The number of nitriles is 1. The Morgan fingerprint density at radius 1 is 0.723 bits per heavy atom. The molecule has 2 aliphatic heterocycles. The van der Waals surface area contributed by atoms with Gasteiger partial charge in [-0.1, -0.05) is 19.0 Å². The molecule has 47 heavy (non-hydrogen) atoms. The summed E-state index contributed by atoms with van der Waals surface area (Å²) in [5, 5.41) is 7.32. The first-order valence-corrected chi connectivity index (χ1v) is 18.9. The highest BCUT2D eigenvalue weighted by Gasteiger charge is 2.40. The quantitative estimate of drug-likeness (QED) is 0.128. The zero-order chi connectivity index (χ0) is 36.5. The molecule has 0 radical (unpaired) electrons. The van der Waals surface area contributed by atoms with Crippen molar-refractivity contribution >= 4 is 27.2 Å². The van der Waals surface area contributed by atoms with Gasteiger partial charge in [0.1, 0.15) is 19.2 Å². The largest absolute Gasteiger partial charge is 0.480 e. The Kier molecular flexibility index (Phi) is 24.6. The van der Waals surface area contributed by atoms with Crippen molar-refractivity contribution in [2.24, 2.45) is 0 Å². The van der Waals surface area contributed by atoms with Crippen LogP contribution in [0.5, 0.6) is 0 Å². The summed E-state index contributed by atoms with van der Waals surface area (Å²) < 4.78 is 68.4. The van der Waals surface area contributed by atoms with E-state index in [1.165, 1.54) is 6.92 Å². The van der Waals surface area contributed by atoms with Crippen LogP contribution in [0.4, 0.5) is 0 Å². The smallest absolute Gasteiger partial charge is 0.379 e. The Balaban J connectivity index is -0.000000645. The number of rotatable bonds is 9. The van der Waals surface area contributed by atoms with E-state index in [-0.39, 0.29) is 20.2 Å². The summed E-state index contributed by atoms with van der Waals surface area (Å²) in [6.07, 6.45) is 0. The number of morpholine rings is 2. The third-order valence-corrected chi connectivity index (χ3v) is 9.29. The van der Waals surface area contributed by atoms with Gasteiger partial charge in [0.2, 0.25) is 0 Å². The van der Waals surface area contributed by atoms with Crippen molar-refractivity contribution in [3.8, 4) is 6.07 Å². The molecule has 13 nitrogen and oxygen atoms in total. The molecule has 0 amide bonds. The number of hydrogen-bond acceptors (Lipinski definition) is 12. The molecule has 0 spiro atoms. The maximum absolute atomic E-state index is 12.9. The summed E-state index contributed by atoms with van der Waals surface area (Å²) >= 11 is 5.39. The number of alkyl halides is 1. The molecule has 0 bridgehead atoms. The lowest BCUT2D eigenvalue weighted by Crippen LogP contribution is -2.53. The molecule has 16 heteroatoms. The van der Waals surface area contributed by atoms with Gasteiger partial charge in [-0.15, -0.1) is 0 Å². The number of nitrogens with zero attached hydrogens (tertiary/aromatic N) is 3. The molecule has 2 aliphatic rings. The van der Waals surface area contributed by atoms with E-state index >= 15 is 0 Å². The van der Waals surface area contributed by atoms with Gasteiger partial charge < -0.3 is 14.4 Å². The van der Waals surface area contributed by atoms with Crippen molar-refractivity contribution in [1.29, 1.82) is 5.26 Å². The lowest BCUT2D eigenvalue weighted by molar-refractivity contribution is -0.931. The highest BCUT2D eigenvalue weighted by Crippen LogP contribution is 2.56. The molecular weight excluding hydrogens is 672 g/mol. The van der Waals surface area contributed by atoms with Crippen LogP contribution in [-0.2, 0) is 45.7 Å². The van der Waals surface area contributed by atoms with Crippen molar-refractivity contribution in [3.05, 3.63) is 0 Å². The molecule has 2 rings (SSSR count). The first-order valence-electron chi connectivity index (χ1n) is 15.5. The standard InChI is InChI=1S/C14H31NO5P.C9H20ClO4P.C5H11NO.C2H3N.CH4/c1-13(2,3)19-21(16,20-14(4,5)6)18-12-15(7)8-10-17-11-9-15;1-8(2,3)13-15(11,12-7-10)14-9(4,5)6;1-6-2-4-7-5-3-6;1-2-3;/h8-12H2,1-7H3;7H2,1-6H3;2-5H2,1H3;1H3;1H4/q+1;;;;. The normalized spacial score (nSPS) is 17.7. The minimum atomic E-state index is -3.63. The van der Waals surface area contributed by atoms with Gasteiger partial charge >= 0.3 is 15.6 Å². The van der Waals surface area contributed by atoms with E-state index in [0.29, 0.717) is 17.7 Å². The van der Waals surface area contributed by atoms with Crippen LogP contribution in [0.1, 0.15) is 97.4 Å². The van der Waals surface area contributed by atoms with Crippen molar-refractivity contribution < 1.29 is 50.2 Å². The van der Waals surface area contributed by atoms with Crippen LogP contribution in [-0.4, -0.2) is 111 Å². The lowest BCUT2D eigenvalue weighted by atomic mass is 10.2. The van der Waals surface area contributed by atoms with Crippen molar-refractivity contribution in [1.82, 2.24) is 4.90 Å². The average Bonchev–Trinajstić information content (AvgIpc) is 2.80. The molecule has 0 atom stereocenters. The van der Waals surface area contributed by atoms with Gasteiger partial charge in [-0.25, -0.2) is 13.7 Å². The van der Waals surface area contributed by atoms with E-state index in [4.69, 9.17) is 53.5 Å². The number of phosphoric ester groups is 2. The van der Waals surface area contributed by atoms with Gasteiger partial charge in [0.25, 0.3) is 0 Å². The van der Waals surface area contributed by atoms with Gasteiger partial charge in [-0.05, 0) is 90.1 Å². The van der Waals surface area contributed by atoms with Gasteiger partial charge in [-0.2, -0.15) is 5.26 Å². The van der Waals surface area contributed by atoms with E-state index in [2.05, 4.69) is 19.0 Å². The van der Waals surface area contributed by atoms with Gasteiger partial charge in [0, 0.05) is 20.0 Å². The minimum absolute atomic E-state index is 0. The second-order valence-corrected chi connectivity index (χ2v) is 18.3. The number of phosphoric acid groups is 2. The highest BCUT2D eigenvalue weighted by atomic mass is 35.5. The van der Waals surface area contributed by atoms with E-state index < -0.39 is 38.0 Å². The molecule has 0 unspecified atom stereocenters. The molecule has 0 saturated carbocycles. The van der Waals surface area contributed by atoms with Crippen molar-refractivity contribution in [2.45, 2.75) is 120 Å². The molecule has 0 N–H and O–H groups in total. The summed E-state index contributed by atoms with van der Waals surface area (Å²) in [6, 6.07) is 1.52. The fourth-order valence-electron chi connectivity index (χ4n) is 3.32. The first-order chi connectivity index (χ1) is 20.6. The summed E-state index contributed by atoms with van der Waals surface area (Å²) in [7, 11) is -3.05. The number of ether oxygens (including phenoxy) is 2. The molecule has 284 valence electrons. The molecule has 2 fully saturated rings. The second kappa shape index (κ2) is 22.6. The topological polar surface area (TPSA) is 135 Å². The predicted octanol–water partition coefficient (Wildman–Crippen LogP) is 8.23. The van der Waals surface area contributed by atoms with Crippen LogP contribution in [0.15, 0.2) is 0 Å². The lowest BCUT2D eigenvalue weighted by Gasteiger charge is -2.38. The number of halogens is 1. The Hall–Kier alpha value is -0.160. The monoisotopic (exact) mass is 740 g/mol. The van der Waals surface area contributed by atoms with E-state index in [1.54, 1.807) is 47.6 Å².